The molecule has 0 radical (unpaired) electrons. The summed E-state index contributed by atoms with van der Waals surface area (Å²) in [5, 5.41) is 2.78. The lowest BCUT2D eigenvalue weighted by Gasteiger charge is -2.38. The number of likely N-dealkylation sites (tertiary alicyclic amines) is 1. The molecule has 0 aromatic heterocycles. The van der Waals surface area contributed by atoms with Crippen LogP contribution in [0.1, 0.15) is 25.7 Å². The summed E-state index contributed by atoms with van der Waals surface area (Å²) in [6, 6.07) is -0.578. The standard InChI is InChI=1S/C12H18F6N2O/c1-19-6-5-8-4-2-3-7-20(8)10(21)9(11(13,14)15)12(16,17)18/h8-9,19H,2-7H2,1H3. The molecule has 1 N–H and O–H groups in total. The van der Waals surface area contributed by atoms with Gasteiger partial charge in [-0.15, -0.1) is 0 Å². The Morgan fingerprint density at radius 2 is 1.76 bits per heavy atom. The van der Waals surface area contributed by atoms with E-state index in [1.165, 1.54) is 0 Å². The first-order valence-corrected chi connectivity index (χ1v) is 6.67. The normalized spacial score (nSPS) is 21.0. The Balaban J connectivity index is 2.95. The number of amides is 1. The molecule has 21 heavy (non-hydrogen) atoms. The number of nitrogens with one attached hydrogen (secondary N) is 1. The number of halogens is 6. The number of nitrogens with zero attached hydrogens (tertiary/aromatic N) is 1. The van der Waals surface area contributed by atoms with Gasteiger partial charge in [0.25, 0.3) is 0 Å². The molecule has 1 unspecified atom stereocenters. The van der Waals surface area contributed by atoms with Gasteiger partial charge in [-0.2, -0.15) is 26.3 Å². The molecule has 1 rings (SSSR count). The van der Waals surface area contributed by atoms with E-state index in [0.717, 1.165) is 4.90 Å². The average molecular weight is 320 g/mol. The van der Waals surface area contributed by atoms with Gasteiger partial charge in [-0.25, -0.2) is 0 Å². The summed E-state index contributed by atoms with van der Waals surface area (Å²) in [6.07, 6.45) is -9.37. The monoisotopic (exact) mass is 320 g/mol. The number of piperidine rings is 1. The molecule has 1 aliphatic rings. The zero-order valence-corrected chi connectivity index (χ0v) is 11.5. The van der Waals surface area contributed by atoms with E-state index in [2.05, 4.69) is 5.32 Å². The van der Waals surface area contributed by atoms with Crippen molar-refractivity contribution in [3.63, 3.8) is 0 Å². The van der Waals surface area contributed by atoms with Crippen LogP contribution >= 0.6 is 0 Å². The molecule has 9 heteroatoms. The van der Waals surface area contributed by atoms with Crippen LogP contribution in [0.25, 0.3) is 0 Å². The highest BCUT2D eigenvalue weighted by molar-refractivity contribution is 5.81. The number of carbonyl (C=O) groups is 1. The maximum absolute atomic E-state index is 12.6. The van der Waals surface area contributed by atoms with E-state index in [-0.39, 0.29) is 6.54 Å². The number of hydrogen-bond donors (Lipinski definition) is 1. The van der Waals surface area contributed by atoms with Crippen LogP contribution in [0.4, 0.5) is 26.3 Å². The van der Waals surface area contributed by atoms with Crippen molar-refractivity contribution in [1.29, 1.82) is 0 Å². The van der Waals surface area contributed by atoms with Gasteiger partial charge in [0.15, 0.2) is 0 Å². The second-order valence-electron chi connectivity index (χ2n) is 5.09. The first-order valence-electron chi connectivity index (χ1n) is 6.67. The van der Waals surface area contributed by atoms with Gasteiger partial charge in [-0.05, 0) is 39.3 Å². The van der Waals surface area contributed by atoms with E-state index >= 15 is 0 Å². The minimum Gasteiger partial charge on any atom is -0.339 e. The van der Waals surface area contributed by atoms with Crippen LogP contribution in [0, 0.1) is 5.92 Å². The zero-order chi connectivity index (χ0) is 16.3. The third-order valence-electron chi connectivity index (χ3n) is 3.54. The lowest BCUT2D eigenvalue weighted by molar-refractivity contribution is -0.278. The fourth-order valence-electron chi connectivity index (χ4n) is 2.53. The molecule has 0 spiro atoms. The molecule has 124 valence electrons. The summed E-state index contributed by atoms with van der Waals surface area (Å²) >= 11 is 0. The Morgan fingerprint density at radius 1 is 1.19 bits per heavy atom. The predicted molar refractivity (Wildman–Crippen MR) is 63.5 cm³/mol. The topological polar surface area (TPSA) is 32.3 Å². The van der Waals surface area contributed by atoms with E-state index in [1.54, 1.807) is 7.05 Å². The fourth-order valence-corrected chi connectivity index (χ4v) is 2.53. The summed E-state index contributed by atoms with van der Waals surface area (Å²) in [5.41, 5.74) is 0. The summed E-state index contributed by atoms with van der Waals surface area (Å²) < 4.78 is 75.7. The van der Waals surface area contributed by atoms with Gasteiger partial charge in [0, 0.05) is 12.6 Å². The molecule has 3 nitrogen and oxygen atoms in total. The number of alkyl halides is 6. The van der Waals surface area contributed by atoms with Crippen molar-refractivity contribution >= 4 is 5.91 Å². The van der Waals surface area contributed by atoms with Gasteiger partial charge in [-0.3, -0.25) is 4.79 Å². The SMILES string of the molecule is CNCCC1CCCCN1C(=O)C(C(F)(F)F)C(F)(F)F. The van der Waals surface area contributed by atoms with Crippen molar-refractivity contribution in [1.82, 2.24) is 10.2 Å². The third kappa shape index (κ3) is 4.76. The van der Waals surface area contributed by atoms with Crippen LogP contribution in [-0.4, -0.2) is 49.3 Å². The summed E-state index contributed by atoms with van der Waals surface area (Å²) in [6.45, 7) is 0.368. The lowest BCUT2D eigenvalue weighted by atomic mass is 9.96. The molecule has 0 aliphatic carbocycles. The van der Waals surface area contributed by atoms with Gasteiger partial charge in [0.05, 0.1) is 0 Å². The largest absolute Gasteiger partial charge is 0.409 e. The van der Waals surface area contributed by atoms with Crippen molar-refractivity contribution in [3.8, 4) is 0 Å². The van der Waals surface area contributed by atoms with Gasteiger partial charge >= 0.3 is 12.4 Å². The molecular formula is C12H18F6N2O. The van der Waals surface area contributed by atoms with E-state index < -0.39 is 30.2 Å². The molecular weight excluding hydrogens is 302 g/mol. The highest BCUT2D eigenvalue weighted by Crippen LogP contribution is 2.41. The summed E-state index contributed by atoms with van der Waals surface area (Å²) in [5.74, 6) is -5.81. The minimum atomic E-state index is -5.62. The molecule has 1 heterocycles. The number of rotatable bonds is 4. The van der Waals surface area contributed by atoms with Crippen LogP contribution in [-0.2, 0) is 4.79 Å². The Labute approximate surface area is 118 Å². The highest BCUT2D eigenvalue weighted by atomic mass is 19.4. The van der Waals surface area contributed by atoms with Crippen molar-refractivity contribution in [2.24, 2.45) is 5.92 Å². The Kier molecular flexibility index (Phi) is 5.89. The van der Waals surface area contributed by atoms with Crippen molar-refractivity contribution in [2.75, 3.05) is 20.1 Å². The van der Waals surface area contributed by atoms with Crippen LogP contribution in [0.15, 0.2) is 0 Å². The Hall–Kier alpha value is -0.990. The highest BCUT2D eigenvalue weighted by Gasteiger charge is 2.62. The number of carbonyl (C=O) groups excluding carboxylic acids is 1. The smallest absolute Gasteiger partial charge is 0.339 e. The van der Waals surface area contributed by atoms with Gasteiger partial charge in [0.2, 0.25) is 11.8 Å². The molecule has 0 aromatic rings. The Bertz CT molecular complexity index is 341. The lowest BCUT2D eigenvalue weighted by Crippen LogP contribution is -2.54. The molecule has 1 saturated heterocycles. The summed E-state index contributed by atoms with van der Waals surface area (Å²) in [4.78, 5) is 12.6. The first-order chi connectivity index (χ1) is 9.59. The van der Waals surface area contributed by atoms with Crippen molar-refractivity contribution in [2.45, 2.75) is 44.1 Å². The van der Waals surface area contributed by atoms with E-state index in [4.69, 9.17) is 0 Å². The van der Waals surface area contributed by atoms with Crippen LogP contribution in [0.5, 0.6) is 0 Å². The second-order valence-corrected chi connectivity index (χ2v) is 5.09. The molecule has 1 fully saturated rings. The first kappa shape index (κ1) is 18.1. The van der Waals surface area contributed by atoms with Crippen LogP contribution in [0.2, 0.25) is 0 Å². The predicted octanol–water partition coefficient (Wildman–Crippen LogP) is 2.72. The van der Waals surface area contributed by atoms with E-state index in [0.29, 0.717) is 32.2 Å². The van der Waals surface area contributed by atoms with Gasteiger partial charge in [0.1, 0.15) is 0 Å². The molecule has 0 bridgehead atoms. The van der Waals surface area contributed by atoms with E-state index in [1.807, 2.05) is 0 Å². The Morgan fingerprint density at radius 3 is 2.24 bits per heavy atom. The molecule has 1 amide bonds. The fraction of sp³-hybridized carbons (Fsp3) is 0.917. The number of hydrogen-bond acceptors (Lipinski definition) is 2. The second kappa shape index (κ2) is 6.85. The molecule has 1 aliphatic heterocycles. The quantitative estimate of drug-likeness (QED) is 0.808. The maximum atomic E-state index is 12.6. The zero-order valence-electron chi connectivity index (χ0n) is 11.5. The van der Waals surface area contributed by atoms with Crippen LogP contribution < -0.4 is 5.32 Å². The van der Waals surface area contributed by atoms with Crippen molar-refractivity contribution < 1.29 is 31.1 Å². The average Bonchev–Trinajstić information content (AvgIpc) is 2.33. The third-order valence-corrected chi connectivity index (χ3v) is 3.54. The molecule has 0 saturated carbocycles. The maximum Gasteiger partial charge on any atom is 0.409 e. The minimum absolute atomic E-state index is 0.0596. The van der Waals surface area contributed by atoms with Crippen LogP contribution in [0.3, 0.4) is 0 Å². The van der Waals surface area contributed by atoms with Gasteiger partial charge in [-0.1, -0.05) is 0 Å². The van der Waals surface area contributed by atoms with Gasteiger partial charge < -0.3 is 10.2 Å². The summed E-state index contributed by atoms with van der Waals surface area (Å²) in [7, 11) is 1.63. The molecule has 0 aromatic carbocycles. The molecule has 1 atom stereocenters. The van der Waals surface area contributed by atoms with Crippen molar-refractivity contribution in [3.05, 3.63) is 0 Å². The van der Waals surface area contributed by atoms with E-state index in [9.17, 15) is 31.1 Å².